The standard InChI is InChI=1S/C17H23N3O/c1-11(2)15-8-14(10-19-17(15)20-12(3)4)13-6-7-18-16(9-13)21-5/h6-12H,1-5H3,(H,19,20). The highest BCUT2D eigenvalue weighted by Crippen LogP contribution is 2.29. The quantitative estimate of drug-likeness (QED) is 0.898. The minimum Gasteiger partial charge on any atom is -0.481 e. The zero-order valence-corrected chi connectivity index (χ0v) is 13.3. The van der Waals surface area contributed by atoms with Gasteiger partial charge in [0.15, 0.2) is 0 Å². The topological polar surface area (TPSA) is 47.0 Å². The lowest BCUT2D eigenvalue weighted by molar-refractivity contribution is 0.398. The van der Waals surface area contributed by atoms with Crippen LogP contribution in [-0.4, -0.2) is 23.1 Å². The van der Waals surface area contributed by atoms with Crippen molar-refractivity contribution in [2.45, 2.75) is 39.7 Å². The summed E-state index contributed by atoms with van der Waals surface area (Å²) in [6, 6.07) is 6.45. The Morgan fingerprint density at radius 2 is 1.81 bits per heavy atom. The Kier molecular flexibility index (Phi) is 4.78. The van der Waals surface area contributed by atoms with Crippen LogP contribution < -0.4 is 10.1 Å². The van der Waals surface area contributed by atoms with Gasteiger partial charge in [-0.25, -0.2) is 9.97 Å². The van der Waals surface area contributed by atoms with Gasteiger partial charge in [0.2, 0.25) is 5.88 Å². The van der Waals surface area contributed by atoms with Crippen molar-refractivity contribution in [3.63, 3.8) is 0 Å². The molecule has 0 aliphatic rings. The van der Waals surface area contributed by atoms with E-state index in [2.05, 4.69) is 49.0 Å². The lowest BCUT2D eigenvalue weighted by Crippen LogP contribution is -2.13. The summed E-state index contributed by atoms with van der Waals surface area (Å²) >= 11 is 0. The maximum absolute atomic E-state index is 5.19. The highest BCUT2D eigenvalue weighted by molar-refractivity contribution is 5.66. The summed E-state index contributed by atoms with van der Waals surface area (Å²) in [7, 11) is 1.62. The van der Waals surface area contributed by atoms with Gasteiger partial charge in [-0.15, -0.1) is 0 Å². The number of pyridine rings is 2. The zero-order chi connectivity index (χ0) is 15.4. The fourth-order valence-electron chi connectivity index (χ4n) is 2.17. The molecule has 4 nitrogen and oxygen atoms in total. The van der Waals surface area contributed by atoms with E-state index in [1.54, 1.807) is 13.3 Å². The van der Waals surface area contributed by atoms with Crippen LogP contribution in [0.3, 0.4) is 0 Å². The van der Waals surface area contributed by atoms with Crippen LogP contribution in [0.25, 0.3) is 11.1 Å². The number of nitrogens with one attached hydrogen (secondary N) is 1. The number of hydrogen-bond acceptors (Lipinski definition) is 4. The van der Waals surface area contributed by atoms with Gasteiger partial charge in [0.05, 0.1) is 7.11 Å². The second-order valence-electron chi connectivity index (χ2n) is 5.70. The van der Waals surface area contributed by atoms with Gasteiger partial charge in [-0.05, 0) is 43.0 Å². The van der Waals surface area contributed by atoms with E-state index in [-0.39, 0.29) is 0 Å². The van der Waals surface area contributed by atoms with Crippen LogP contribution in [0, 0.1) is 0 Å². The molecule has 2 aromatic rings. The van der Waals surface area contributed by atoms with Crippen LogP contribution in [0.1, 0.15) is 39.2 Å². The highest BCUT2D eigenvalue weighted by Gasteiger charge is 2.11. The second kappa shape index (κ2) is 6.57. The van der Waals surface area contributed by atoms with Crippen molar-refractivity contribution >= 4 is 5.82 Å². The van der Waals surface area contributed by atoms with E-state index >= 15 is 0 Å². The molecule has 0 spiro atoms. The first-order valence-electron chi connectivity index (χ1n) is 7.28. The number of methoxy groups -OCH3 is 1. The Balaban J connectivity index is 2.43. The molecule has 112 valence electrons. The molecule has 0 atom stereocenters. The number of anilines is 1. The number of nitrogens with zero attached hydrogens (tertiary/aromatic N) is 2. The van der Waals surface area contributed by atoms with Gasteiger partial charge >= 0.3 is 0 Å². The van der Waals surface area contributed by atoms with Crippen molar-refractivity contribution < 1.29 is 4.74 Å². The summed E-state index contributed by atoms with van der Waals surface area (Å²) < 4.78 is 5.19. The zero-order valence-electron chi connectivity index (χ0n) is 13.3. The average molecular weight is 285 g/mol. The predicted molar refractivity (Wildman–Crippen MR) is 86.9 cm³/mol. The van der Waals surface area contributed by atoms with Gasteiger partial charge in [-0.2, -0.15) is 0 Å². The summed E-state index contributed by atoms with van der Waals surface area (Å²) in [5.41, 5.74) is 3.36. The fraction of sp³-hybridized carbons (Fsp3) is 0.412. The second-order valence-corrected chi connectivity index (χ2v) is 5.70. The number of ether oxygens (including phenoxy) is 1. The highest BCUT2D eigenvalue weighted by atomic mass is 16.5. The Bertz CT molecular complexity index is 609. The summed E-state index contributed by atoms with van der Waals surface area (Å²) in [6.45, 7) is 8.60. The van der Waals surface area contributed by atoms with Crippen LogP contribution in [0.5, 0.6) is 5.88 Å². The predicted octanol–water partition coefficient (Wildman–Crippen LogP) is 4.10. The molecule has 2 heterocycles. The molecule has 0 bridgehead atoms. The molecule has 0 radical (unpaired) electrons. The van der Waals surface area contributed by atoms with Gasteiger partial charge < -0.3 is 10.1 Å². The van der Waals surface area contributed by atoms with Gasteiger partial charge in [0.25, 0.3) is 0 Å². The molecule has 2 aromatic heterocycles. The molecule has 0 unspecified atom stereocenters. The van der Waals surface area contributed by atoms with E-state index in [1.807, 2.05) is 18.3 Å². The molecule has 4 heteroatoms. The lowest BCUT2D eigenvalue weighted by atomic mass is 9.99. The number of aromatic nitrogens is 2. The monoisotopic (exact) mass is 285 g/mol. The molecule has 21 heavy (non-hydrogen) atoms. The van der Waals surface area contributed by atoms with Gasteiger partial charge in [-0.1, -0.05) is 13.8 Å². The van der Waals surface area contributed by atoms with E-state index in [1.165, 1.54) is 5.56 Å². The largest absolute Gasteiger partial charge is 0.481 e. The van der Waals surface area contributed by atoms with Crippen LogP contribution in [-0.2, 0) is 0 Å². The maximum Gasteiger partial charge on any atom is 0.213 e. The van der Waals surface area contributed by atoms with Gasteiger partial charge in [0.1, 0.15) is 5.82 Å². The van der Waals surface area contributed by atoms with Crippen molar-refractivity contribution in [3.8, 4) is 17.0 Å². The van der Waals surface area contributed by atoms with E-state index in [0.29, 0.717) is 17.8 Å². The Labute approximate surface area is 126 Å². The molecule has 0 aliphatic carbocycles. The van der Waals surface area contributed by atoms with E-state index in [0.717, 1.165) is 16.9 Å². The molecule has 0 saturated carbocycles. The van der Waals surface area contributed by atoms with Crippen LogP contribution in [0.4, 0.5) is 5.82 Å². The summed E-state index contributed by atoms with van der Waals surface area (Å²) in [4.78, 5) is 8.74. The molecule has 1 N–H and O–H groups in total. The minimum absolute atomic E-state index is 0.363. The van der Waals surface area contributed by atoms with Crippen molar-refractivity contribution in [2.24, 2.45) is 0 Å². The molecule has 0 amide bonds. The first-order valence-corrected chi connectivity index (χ1v) is 7.28. The Morgan fingerprint density at radius 3 is 2.43 bits per heavy atom. The Morgan fingerprint density at radius 1 is 1.05 bits per heavy atom. The SMILES string of the molecule is COc1cc(-c2cnc(NC(C)C)c(C(C)C)c2)ccn1. The van der Waals surface area contributed by atoms with Crippen LogP contribution in [0.15, 0.2) is 30.6 Å². The molecule has 0 aliphatic heterocycles. The first-order chi connectivity index (χ1) is 10.0. The third-order valence-electron chi connectivity index (χ3n) is 3.24. The third kappa shape index (κ3) is 3.72. The summed E-state index contributed by atoms with van der Waals surface area (Å²) in [5.74, 6) is 1.98. The van der Waals surface area contributed by atoms with Crippen molar-refractivity contribution in [3.05, 3.63) is 36.2 Å². The molecular weight excluding hydrogens is 262 g/mol. The fourth-order valence-corrected chi connectivity index (χ4v) is 2.17. The van der Waals surface area contributed by atoms with Gasteiger partial charge in [-0.3, -0.25) is 0 Å². The number of rotatable bonds is 5. The summed E-state index contributed by atoms with van der Waals surface area (Å²) in [5, 5.41) is 3.41. The third-order valence-corrected chi connectivity index (χ3v) is 3.24. The first kappa shape index (κ1) is 15.3. The van der Waals surface area contributed by atoms with E-state index in [4.69, 9.17) is 4.74 Å². The maximum atomic E-state index is 5.19. The molecule has 2 rings (SSSR count). The molecule has 0 aromatic carbocycles. The normalized spacial score (nSPS) is 11.0. The Hall–Kier alpha value is -2.10. The van der Waals surface area contributed by atoms with Crippen LogP contribution >= 0.6 is 0 Å². The van der Waals surface area contributed by atoms with Crippen molar-refractivity contribution in [1.29, 1.82) is 0 Å². The smallest absolute Gasteiger partial charge is 0.213 e. The van der Waals surface area contributed by atoms with Gasteiger partial charge in [0, 0.05) is 30.1 Å². The average Bonchev–Trinajstić information content (AvgIpc) is 2.47. The van der Waals surface area contributed by atoms with Crippen molar-refractivity contribution in [2.75, 3.05) is 12.4 Å². The van der Waals surface area contributed by atoms with E-state index in [9.17, 15) is 0 Å². The van der Waals surface area contributed by atoms with Crippen molar-refractivity contribution in [1.82, 2.24) is 9.97 Å². The summed E-state index contributed by atoms with van der Waals surface area (Å²) in [6.07, 6.45) is 3.65. The van der Waals surface area contributed by atoms with Crippen LogP contribution in [0.2, 0.25) is 0 Å². The van der Waals surface area contributed by atoms with E-state index < -0.39 is 0 Å². The molecule has 0 fully saturated rings. The molecule has 0 saturated heterocycles. The number of hydrogen-bond donors (Lipinski definition) is 1. The minimum atomic E-state index is 0.363. The lowest BCUT2D eigenvalue weighted by Gasteiger charge is -2.17. The molecular formula is C17H23N3O.